The fourth-order valence-electron chi connectivity index (χ4n) is 1.90. The SMILES string of the molecule is O=C(O)c1ccn(Cc2nc3ccccc3s2)c(=O)c1. The van der Waals surface area contributed by atoms with Crippen LogP contribution in [-0.4, -0.2) is 20.6 Å². The Balaban J connectivity index is 1.94. The summed E-state index contributed by atoms with van der Waals surface area (Å²) in [4.78, 5) is 27.1. The van der Waals surface area contributed by atoms with Gasteiger partial charge in [-0.05, 0) is 18.2 Å². The summed E-state index contributed by atoms with van der Waals surface area (Å²) in [5.41, 5.74) is 0.558. The molecule has 1 aromatic carbocycles. The number of benzene rings is 1. The van der Waals surface area contributed by atoms with E-state index in [0.29, 0.717) is 6.54 Å². The second-order valence-electron chi connectivity index (χ2n) is 4.26. The van der Waals surface area contributed by atoms with Crippen molar-refractivity contribution < 1.29 is 9.90 Å². The zero-order valence-electron chi connectivity index (χ0n) is 10.3. The third-order valence-electron chi connectivity index (χ3n) is 2.89. The van der Waals surface area contributed by atoms with Crippen molar-refractivity contribution in [1.29, 1.82) is 0 Å². The van der Waals surface area contributed by atoms with Crippen LogP contribution in [0.3, 0.4) is 0 Å². The Hall–Kier alpha value is -2.47. The summed E-state index contributed by atoms with van der Waals surface area (Å²) in [6.07, 6.45) is 1.48. The summed E-state index contributed by atoms with van der Waals surface area (Å²) in [6.45, 7) is 0.345. The van der Waals surface area contributed by atoms with Crippen molar-refractivity contribution in [2.24, 2.45) is 0 Å². The van der Waals surface area contributed by atoms with E-state index in [0.717, 1.165) is 21.3 Å². The predicted octanol–water partition coefficient (Wildman–Crippen LogP) is 2.20. The molecule has 0 aliphatic rings. The number of carboxylic acid groups (broad SMARTS) is 1. The molecule has 0 radical (unpaired) electrons. The number of carbonyl (C=O) groups is 1. The molecule has 3 rings (SSSR count). The van der Waals surface area contributed by atoms with Gasteiger partial charge in [-0.15, -0.1) is 11.3 Å². The van der Waals surface area contributed by atoms with E-state index in [1.54, 1.807) is 0 Å². The lowest BCUT2D eigenvalue weighted by molar-refractivity contribution is 0.0696. The molecule has 1 N–H and O–H groups in total. The molecule has 0 atom stereocenters. The highest BCUT2D eigenvalue weighted by Crippen LogP contribution is 2.21. The Morgan fingerprint density at radius 2 is 2.10 bits per heavy atom. The molecule has 0 spiro atoms. The number of para-hydroxylation sites is 1. The minimum Gasteiger partial charge on any atom is -0.478 e. The average molecular weight is 286 g/mol. The molecule has 0 aliphatic heterocycles. The van der Waals surface area contributed by atoms with E-state index >= 15 is 0 Å². The molecule has 0 bridgehead atoms. The average Bonchev–Trinajstić information content (AvgIpc) is 2.83. The van der Waals surface area contributed by atoms with Crippen LogP contribution < -0.4 is 5.56 Å². The van der Waals surface area contributed by atoms with E-state index in [9.17, 15) is 9.59 Å². The van der Waals surface area contributed by atoms with Gasteiger partial charge in [0.25, 0.3) is 5.56 Å². The second-order valence-corrected chi connectivity index (χ2v) is 5.38. The number of hydrogen-bond acceptors (Lipinski definition) is 4. The number of rotatable bonds is 3. The normalized spacial score (nSPS) is 10.8. The molecule has 2 aromatic heterocycles. The minimum absolute atomic E-state index is 0.00412. The molecule has 3 aromatic rings. The maximum Gasteiger partial charge on any atom is 0.335 e. The highest BCUT2D eigenvalue weighted by molar-refractivity contribution is 7.18. The molecule has 0 unspecified atom stereocenters. The van der Waals surface area contributed by atoms with Crippen LogP contribution in [0.4, 0.5) is 0 Å². The van der Waals surface area contributed by atoms with Crippen molar-refractivity contribution in [3.8, 4) is 0 Å². The van der Waals surface area contributed by atoms with Gasteiger partial charge in [-0.1, -0.05) is 12.1 Å². The number of pyridine rings is 1. The standard InChI is InChI=1S/C14H10N2O3S/c17-13-7-9(14(18)19)5-6-16(13)8-12-15-10-3-1-2-4-11(10)20-12/h1-7H,8H2,(H,18,19). The Kier molecular flexibility index (Phi) is 3.08. The first-order valence-electron chi connectivity index (χ1n) is 5.92. The first kappa shape index (κ1) is 12.6. The zero-order valence-corrected chi connectivity index (χ0v) is 11.1. The van der Waals surface area contributed by atoms with Crippen LogP contribution in [0, 0.1) is 0 Å². The summed E-state index contributed by atoms with van der Waals surface area (Å²) < 4.78 is 2.52. The van der Waals surface area contributed by atoms with Crippen molar-refractivity contribution in [1.82, 2.24) is 9.55 Å². The maximum absolute atomic E-state index is 11.8. The van der Waals surface area contributed by atoms with Crippen LogP contribution >= 0.6 is 11.3 Å². The number of aromatic nitrogens is 2. The third kappa shape index (κ3) is 2.33. The van der Waals surface area contributed by atoms with Crippen LogP contribution in [0.5, 0.6) is 0 Å². The molecule has 20 heavy (non-hydrogen) atoms. The molecule has 0 saturated heterocycles. The molecular weight excluding hydrogens is 276 g/mol. The predicted molar refractivity (Wildman–Crippen MR) is 76.4 cm³/mol. The van der Waals surface area contributed by atoms with Gasteiger partial charge in [0.1, 0.15) is 5.01 Å². The molecule has 0 fully saturated rings. The van der Waals surface area contributed by atoms with Crippen LogP contribution in [0.1, 0.15) is 15.4 Å². The van der Waals surface area contributed by atoms with E-state index in [2.05, 4.69) is 4.98 Å². The number of fused-ring (bicyclic) bond motifs is 1. The van der Waals surface area contributed by atoms with Gasteiger partial charge < -0.3 is 9.67 Å². The van der Waals surface area contributed by atoms with Gasteiger partial charge in [-0.3, -0.25) is 4.79 Å². The highest BCUT2D eigenvalue weighted by atomic mass is 32.1. The number of aromatic carboxylic acids is 1. The molecule has 2 heterocycles. The van der Waals surface area contributed by atoms with E-state index in [-0.39, 0.29) is 11.1 Å². The largest absolute Gasteiger partial charge is 0.478 e. The molecule has 0 aliphatic carbocycles. The Morgan fingerprint density at radius 3 is 2.80 bits per heavy atom. The van der Waals surface area contributed by atoms with Gasteiger partial charge in [-0.25, -0.2) is 9.78 Å². The van der Waals surface area contributed by atoms with Crippen molar-refractivity contribution in [3.63, 3.8) is 0 Å². The van der Waals surface area contributed by atoms with Crippen molar-refractivity contribution in [2.75, 3.05) is 0 Å². The van der Waals surface area contributed by atoms with Crippen LogP contribution in [-0.2, 0) is 6.54 Å². The maximum atomic E-state index is 11.8. The molecule has 6 heteroatoms. The number of hydrogen-bond donors (Lipinski definition) is 1. The Labute approximate surface area is 117 Å². The monoisotopic (exact) mass is 286 g/mol. The molecule has 0 amide bonds. The number of carboxylic acids is 1. The van der Waals surface area contributed by atoms with Crippen LogP contribution in [0.15, 0.2) is 47.4 Å². The quantitative estimate of drug-likeness (QED) is 0.801. The van der Waals surface area contributed by atoms with E-state index in [1.807, 2.05) is 24.3 Å². The molecular formula is C14H10N2O3S. The third-order valence-corrected chi connectivity index (χ3v) is 3.91. The van der Waals surface area contributed by atoms with Crippen molar-refractivity contribution >= 4 is 27.5 Å². The fraction of sp³-hybridized carbons (Fsp3) is 0.0714. The zero-order chi connectivity index (χ0) is 14.1. The lowest BCUT2D eigenvalue weighted by Gasteiger charge is -2.02. The van der Waals surface area contributed by atoms with E-state index in [4.69, 9.17) is 5.11 Å². The summed E-state index contributed by atoms with van der Waals surface area (Å²) in [5, 5.41) is 9.64. The Morgan fingerprint density at radius 1 is 1.30 bits per heavy atom. The Bertz CT molecular complexity index is 818. The smallest absolute Gasteiger partial charge is 0.335 e. The number of thiazole rings is 1. The summed E-state index contributed by atoms with van der Waals surface area (Å²) in [5.74, 6) is -1.10. The van der Waals surface area contributed by atoms with Crippen molar-refractivity contribution in [3.05, 3.63) is 63.5 Å². The van der Waals surface area contributed by atoms with E-state index in [1.165, 1.54) is 28.2 Å². The fourth-order valence-corrected chi connectivity index (χ4v) is 2.87. The lowest BCUT2D eigenvalue weighted by atomic mass is 10.3. The van der Waals surface area contributed by atoms with Gasteiger partial charge in [-0.2, -0.15) is 0 Å². The van der Waals surface area contributed by atoms with Crippen LogP contribution in [0.2, 0.25) is 0 Å². The van der Waals surface area contributed by atoms with Gasteiger partial charge in [0.05, 0.1) is 22.3 Å². The molecule has 5 nitrogen and oxygen atoms in total. The summed E-state index contributed by atoms with van der Waals surface area (Å²) >= 11 is 1.52. The first-order chi connectivity index (χ1) is 9.63. The summed E-state index contributed by atoms with van der Waals surface area (Å²) in [7, 11) is 0. The minimum atomic E-state index is -1.10. The highest BCUT2D eigenvalue weighted by Gasteiger charge is 2.08. The molecule has 100 valence electrons. The van der Waals surface area contributed by atoms with Crippen LogP contribution in [0.25, 0.3) is 10.2 Å². The van der Waals surface area contributed by atoms with Gasteiger partial charge in [0.15, 0.2) is 0 Å². The first-order valence-corrected chi connectivity index (χ1v) is 6.73. The number of nitrogens with zero attached hydrogens (tertiary/aromatic N) is 2. The van der Waals surface area contributed by atoms with Gasteiger partial charge >= 0.3 is 5.97 Å². The topological polar surface area (TPSA) is 72.2 Å². The lowest BCUT2D eigenvalue weighted by Crippen LogP contribution is -2.20. The van der Waals surface area contributed by atoms with Crippen molar-refractivity contribution in [2.45, 2.75) is 6.54 Å². The van der Waals surface area contributed by atoms with E-state index < -0.39 is 5.97 Å². The van der Waals surface area contributed by atoms with Gasteiger partial charge in [0.2, 0.25) is 0 Å². The second kappa shape index (κ2) is 4.90. The van der Waals surface area contributed by atoms with Gasteiger partial charge in [0, 0.05) is 12.3 Å². The summed E-state index contributed by atoms with van der Waals surface area (Å²) in [6, 6.07) is 10.3. The molecule has 0 saturated carbocycles.